The van der Waals surface area contributed by atoms with E-state index in [1.165, 1.54) is 16.8 Å². The van der Waals surface area contributed by atoms with Crippen molar-refractivity contribution in [3.05, 3.63) is 53.6 Å². The van der Waals surface area contributed by atoms with Crippen molar-refractivity contribution < 1.29 is 4.79 Å². The Kier molecular flexibility index (Phi) is 4.37. The van der Waals surface area contributed by atoms with Gasteiger partial charge in [0.2, 0.25) is 5.91 Å². The van der Waals surface area contributed by atoms with Gasteiger partial charge in [0, 0.05) is 23.0 Å². The first kappa shape index (κ1) is 15.6. The zero-order chi connectivity index (χ0) is 16.4. The van der Waals surface area contributed by atoms with Crippen molar-refractivity contribution in [3.8, 4) is 0 Å². The van der Waals surface area contributed by atoms with E-state index in [1.807, 2.05) is 24.3 Å². The molecule has 3 heteroatoms. The predicted molar refractivity (Wildman–Crippen MR) is 96.3 cm³/mol. The fourth-order valence-electron chi connectivity index (χ4n) is 2.71. The second-order valence-corrected chi connectivity index (χ2v) is 6.66. The van der Waals surface area contributed by atoms with E-state index in [4.69, 9.17) is 0 Å². The average Bonchev–Trinajstić information content (AvgIpc) is 3.35. The Morgan fingerprint density at radius 1 is 1.04 bits per heavy atom. The van der Waals surface area contributed by atoms with E-state index in [-0.39, 0.29) is 11.8 Å². The lowest BCUT2D eigenvalue weighted by Gasteiger charge is -2.17. The van der Waals surface area contributed by atoms with Crippen LogP contribution >= 0.6 is 0 Å². The minimum absolute atomic E-state index is 0.145. The first-order valence-electron chi connectivity index (χ1n) is 8.32. The van der Waals surface area contributed by atoms with Crippen molar-refractivity contribution in [1.82, 2.24) is 0 Å². The minimum Gasteiger partial charge on any atom is -0.355 e. The maximum absolute atomic E-state index is 11.8. The third-order valence-corrected chi connectivity index (χ3v) is 4.30. The number of carbonyl (C=O) groups is 1. The van der Waals surface area contributed by atoms with E-state index in [0.29, 0.717) is 5.92 Å². The molecular formula is C20H24N2O. The van der Waals surface area contributed by atoms with Crippen LogP contribution in [0, 0.1) is 12.8 Å². The summed E-state index contributed by atoms with van der Waals surface area (Å²) in [4.78, 5) is 11.8. The molecule has 1 saturated carbocycles. The Hall–Kier alpha value is -2.29. The van der Waals surface area contributed by atoms with Gasteiger partial charge in [-0.05, 0) is 61.1 Å². The molecule has 0 radical (unpaired) electrons. The van der Waals surface area contributed by atoms with E-state index < -0.39 is 0 Å². The summed E-state index contributed by atoms with van der Waals surface area (Å²) in [7, 11) is 0. The van der Waals surface area contributed by atoms with E-state index >= 15 is 0 Å². The van der Waals surface area contributed by atoms with Crippen LogP contribution in [0.5, 0.6) is 0 Å². The van der Waals surface area contributed by atoms with Crippen molar-refractivity contribution in [2.45, 2.75) is 39.5 Å². The lowest BCUT2D eigenvalue weighted by atomic mass is 9.98. The number of hydrogen-bond acceptors (Lipinski definition) is 2. The lowest BCUT2D eigenvalue weighted by molar-refractivity contribution is -0.117. The molecule has 23 heavy (non-hydrogen) atoms. The molecular weight excluding hydrogens is 284 g/mol. The van der Waals surface area contributed by atoms with Crippen molar-refractivity contribution in [2.75, 3.05) is 10.6 Å². The SMILES string of the molecule is Cc1cccc(C(C)C)c1Nc1ccc(NC(=O)C2CC2)cc1. The van der Waals surface area contributed by atoms with Crippen LogP contribution in [0.25, 0.3) is 0 Å². The highest BCUT2D eigenvalue weighted by Gasteiger charge is 2.29. The first-order chi connectivity index (χ1) is 11.0. The largest absolute Gasteiger partial charge is 0.355 e. The first-order valence-corrected chi connectivity index (χ1v) is 8.32. The second kappa shape index (κ2) is 6.45. The topological polar surface area (TPSA) is 41.1 Å². The number of hydrogen-bond donors (Lipinski definition) is 2. The summed E-state index contributed by atoms with van der Waals surface area (Å²) in [6, 6.07) is 14.3. The minimum atomic E-state index is 0.145. The Bertz CT molecular complexity index is 700. The Morgan fingerprint density at radius 3 is 2.30 bits per heavy atom. The van der Waals surface area contributed by atoms with Gasteiger partial charge in [-0.15, -0.1) is 0 Å². The molecule has 0 aliphatic heterocycles. The summed E-state index contributed by atoms with van der Waals surface area (Å²) in [5.41, 5.74) is 5.63. The third kappa shape index (κ3) is 3.73. The average molecular weight is 308 g/mol. The fraction of sp³-hybridized carbons (Fsp3) is 0.350. The number of aryl methyl sites for hydroxylation is 1. The quantitative estimate of drug-likeness (QED) is 0.796. The van der Waals surface area contributed by atoms with Crippen LogP contribution in [-0.4, -0.2) is 5.91 Å². The number of benzene rings is 2. The maximum atomic E-state index is 11.8. The van der Waals surface area contributed by atoms with Crippen LogP contribution < -0.4 is 10.6 Å². The molecule has 2 aromatic carbocycles. The highest BCUT2D eigenvalue weighted by atomic mass is 16.2. The number of amides is 1. The molecule has 0 aromatic heterocycles. The molecule has 1 aliphatic rings. The number of rotatable bonds is 5. The van der Waals surface area contributed by atoms with Gasteiger partial charge in [0.05, 0.1) is 0 Å². The molecule has 0 spiro atoms. The second-order valence-electron chi connectivity index (χ2n) is 6.66. The molecule has 2 aromatic rings. The molecule has 0 bridgehead atoms. The number of para-hydroxylation sites is 1. The van der Waals surface area contributed by atoms with Crippen molar-refractivity contribution >= 4 is 23.0 Å². The molecule has 1 aliphatic carbocycles. The zero-order valence-corrected chi connectivity index (χ0v) is 14.0. The Labute approximate surface area is 138 Å². The third-order valence-electron chi connectivity index (χ3n) is 4.30. The number of nitrogens with one attached hydrogen (secondary N) is 2. The van der Waals surface area contributed by atoms with Gasteiger partial charge in [0.1, 0.15) is 0 Å². The molecule has 3 nitrogen and oxygen atoms in total. The predicted octanol–water partition coefficient (Wildman–Crippen LogP) is 5.21. The van der Waals surface area contributed by atoms with Gasteiger partial charge >= 0.3 is 0 Å². The molecule has 0 atom stereocenters. The summed E-state index contributed by atoms with van der Waals surface area (Å²) in [5, 5.41) is 6.49. The fourth-order valence-corrected chi connectivity index (χ4v) is 2.71. The van der Waals surface area contributed by atoms with E-state index in [0.717, 1.165) is 24.2 Å². The Morgan fingerprint density at radius 2 is 1.70 bits per heavy atom. The number of anilines is 3. The van der Waals surface area contributed by atoms with Crippen LogP contribution in [0.1, 0.15) is 43.7 Å². The Balaban J connectivity index is 1.74. The zero-order valence-electron chi connectivity index (χ0n) is 14.0. The molecule has 1 fully saturated rings. The van der Waals surface area contributed by atoms with Gasteiger partial charge in [0.25, 0.3) is 0 Å². The van der Waals surface area contributed by atoms with Crippen molar-refractivity contribution in [3.63, 3.8) is 0 Å². The highest BCUT2D eigenvalue weighted by Crippen LogP contribution is 2.32. The van der Waals surface area contributed by atoms with E-state index in [2.05, 4.69) is 49.6 Å². The van der Waals surface area contributed by atoms with Crippen LogP contribution in [0.4, 0.5) is 17.1 Å². The maximum Gasteiger partial charge on any atom is 0.227 e. The molecule has 3 rings (SSSR count). The normalized spacial score (nSPS) is 13.9. The van der Waals surface area contributed by atoms with Crippen LogP contribution in [0.2, 0.25) is 0 Å². The molecule has 2 N–H and O–H groups in total. The summed E-state index contributed by atoms with van der Waals surface area (Å²) in [5.74, 6) is 0.842. The summed E-state index contributed by atoms with van der Waals surface area (Å²) in [6.45, 7) is 6.53. The monoisotopic (exact) mass is 308 g/mol. The molecule has 120 valence electrons. The molecule has 0 unspecified atom stereocenters. The molecule has 0 heterocycles. The summed E-state index contributed by atoms with van der Waals surface area (Å²) >= 11 is 0. The standard InChI is InChI=1S/C20H24N2O/c1-13(2)18-6-4-5-14(3)19(18)21-16-9-11-17(12-10-16)22-20(23)15-7-8-15/h4-6,9-13,15,21H,7-8H2,1-3H3,(H,22,23). The van der Waals surface area contributed by atoms with Crippen molar-refractivity contribution in [2.24, 2.45) is 5.92 Å². The molecule has 1 amide bonds. The smallest absolute Gasteiger partial charge is 0.227 e. The van der Waals surface area contributed by atoms with Gasteiger partial charge < -0.3 is 10.6 Å². The van der Waals surface area contributed by atoms with Crippen molar-refractivity contribution in [1.29, 1.82) is 0 Å². The van der Waals surface area contributed by atoms with Crippen LogP contribution in [0.3, 0.4) is 0 Å². The van der Waals surface area contributed by atoms with Gasteiger partial charge in [-0.25, -0.2) is 0 Å². The van der Waals surface area contributed by atoms with Crippen LogP contribution in [0.15, 0.2) is 42.5 Å². The lowest BCUT2D eigenvalue weighted by Crippen LogP contribution is -2.13. The van der Waals surface area contributed by atoms with Gasteiger partial charge in [-0.1, -0.05) is 32.0 Å². The van der Waals surface area contributed by atoms with Crippen LogP contribution in [-0.2, 0) is 4.79 Å². The van der Waals surface area contributed by atoms with Gasteiger partial charge in [-0.3, -0.25) is 4.79 Å². The van der Waals surface area contributed by atoms with E-state index in [1.54, 1.807) is 0 Å². The van der Waals surface area contributed by atoms with Gasteiger partial charge in [-0.2, -0.15) is 0 Å². The summed E-state index contributed by atoms with van der Waals surface area (Å²) < 4.78 is 0. The highest BCUT2D eigenvalue weighted by molar-refractivity contribution is 5.94. The van der Waals surface area contributed by atoms with Gasteiger partial charge in [0.15, 0.2) is 0 Å². The summed E-state index contributed by atoms with van der Waals surface area (Å²) in [6.07, 6.45) is 2.05. The molecule has 0 saturated heterocycles. The van der Waals surface area contributed by atoms with E-state index in [9.17, 15) is 4.79 Å². The number of carbonyl (C=O) groups excluding carboxylic acids is 1.